The summed E-state index contributed by atoms with van der Waals surface area (Å²) in [4.78, 5) is 53.5. The van der Waals surface area contributed by atoms with Gasteiger partial charge < -0.3 is 19.6 Å². The van der Waals surface area contributed by atoms with Crippen LogP contribution in [0, 0.1) is 0 Å². The largest absolute Gasteiger partial charge is 0.449 e. The molecular weight excluding hydrogens is 476 g/mol. The molecule has 3 aromatic rings. The lowest BCUT2D eigenvalue weighted by Crippen LogP contribution is -2.34. The van der Waals surface area contributed by atoms with Gasteiger partial charge in [-0.1, -0.05) is 65.7 Å². The molecule has 5 rings (SSSR count). The fourth-order valence-corrected chi connectivity index (χ4v) is 4.55. The summed E-state index contributed by atoms with van der Waals surface area (Å²) < 4.78 is 10.7. The molecule has 2 aliphatic rings. The summed E-state index contributed by atoms with van der Waals surface area (Å²) in [7, 11) is 0. The van der Waals surface area contributed by atoms with Crippen LogP contribution in [0.25, 0.3) is 11.1 Å². The summed E-state index contributed by atoms with van der Waals surface area (Å²) in [6.07, 6.45) is -0.114. The Morgan fingerprint density at radius 1 is 0.784 bits per heavy atom. The van der Waals surface area contributed by atoms with Gasteiger partial charge in [-0.2, -0.15) is 0 Å². The maximum Gasteiger partial charge on any atom is 0.407 e. The molecule has 0 unspecified atom stereocenters. The first-order valence-corrected chi connectivity index (χ1v) is 11.9. The molecule has 0 bridgehead atoms. The Morgan fingerprint density at radius 2 is 1.32 bits per heavy atom. The molecule has 3 amide bonds. The molecule has 0 radical (unpaired) electrons. The fourth-order valence-electron chi connectivity index (χ4n) is 4.55. The van der Waals surface area contributed by atoms with Crippen LogP contribution in [0.3, 0.4) is 0 Å². The van der Waals surface area contributed by atoms with E-state index in [1.54, 1.807) is 12.1 Å². The summed E-state index contributed by atoms with van der Waals surface area (Å²) in [6, 6.07) is 22.4. The lowest BCUT2D eigenvalue weighted by molar-refractivity contribution is -0.173. The lowest BCUT2D eigenvalue weighted by Gasteiger charge is -2.14. The number of carbonyl (C=O) groups is 4. The van der Waals surface area contributed by atoms with Crippen LogP contribution in [0.15, 0.2) is 72.8 Å². The highest BCUT2D eigenvalue weighted by molar-refractivity contribution is 6.20. The Hall–Kier alpha value is -4.50. The molecule has 1 aliphatic carbocycles. The second-order valence-corrected chi connectivity index (χ2v) is 8.57. The van der Waals surface area contributed by atoms with Gasteiger partial charge in [-0.05, 0) is 40.8 Å². The third-order valence-corrected chi connectivity index (χ3v) is 6.25. The van der Waals surface area contributed by atoms with Crippen molar-refractivity contribution in [2.24, 2.45) is 0 Å². The summed E-state index contributed by atoms with van der Waals surface area (Å²) in [5, 5.41) is 3.11. The molecule has 0 fully saturated rings. The minimum absolute atomic E-state index is 0.0188. The van der Waals surface area contributed by atoms with Crippen molar-refractivity contribution in [1.29, 1.82) is 0 Å². The van der Waals surface area contributed by atoms with Crippen molar-refractivity contribution in [2.45, 2.75) is 12.3 Å². The molecule has 37 heavy (non-hydrogen) atoms. The van der Waals surface area contributed by atoms with E-state index in [0.717, 1.165) is 22.3 Å². The summed E-state index contributed by atoms with van der Waals surface area (Å²) in [5.41, 5.74) is 4.95. The molecule has 3 aromatic carbocycles. The minimum Gasteiger partial charge on any atom is -0.449 e. The number of benzene rings is 3. The molecule has 0 aromatic heterocycles. The molecule has 9 heteroatoms. The summed E-state index contributed by atoms with van der Waals surface area (Å²) >= 11 is 0. The Morgan fingerprint density at radius 3 is 1.92 bits per heavy atom. The van der Waals surface area contributed by atoms with Gasteiger partial charge in [0.2, 0.25) is 0 Å². The standard InChI is InChI=1S/C28H24N2O7/c31-25(37-30-26(32)22-12-5-6-13-23(22)27(30)33)17-35-15-7-14-29-28(34)36-16-24-20-10-3-1-8-18(20)19-9-2-4-11-21(19)24/h1-6,8-13,24H,7,14-17H2,(H,29,34). The third kappa shape index (κ3) is 4.94. The van der Waals surface area contributed by atoms with Gasteiger partial charge in [-0.3, -0.25) is 9.59 Å². The normalized spacial score (nSPS) is 13.7. The zero-order chi connectivity index (χ0) is 25.8. The number of fused-ring (bicyclic) bond motifs is 4. The summed E-state index contributed by atoms with van der Waals surface area (Å²) in [6.45, 7) is 0.212. The number of nitrogens with one attached hydrogen (secondary N) is 1. The molecule has 0 spiro atoms. The zero-order valence-corrected chi connectivity index (χ0v) is 19.8. The second-order valence-electron chi connectivity index (χ2n) is 8.57. The highest BCUT2D eigenvalue weighted by Crippen LogP contribution is 2.44. The highest BCUT2D eigenvalue weighted by atomic mass is 16.7. The van der Waals surface area contributed by atoms with E-state index in [-0.39, 0.29) is 36.8 Å². The van der Waals surface area contributed by atoms with Crippen molar-refractivity contribution < 1.29 is 33.5 Å². The van der Waals surface area contributed by atoms with Crippen LogP contribution < -0.4 is 5.32 Å². The maximum absolute atomic E-state index is 12.2. The highest BCUT2D eigenvalue weighted by Gasteiger charge is 2.38. The molecule has 1 N–H and O–H groups in total. The molecular formula is C28H24N2O7. The van der Waals surface area contributed by atoms with Crippen LogP contribution in [0.1, 0.15) is 44.2 Å². The first-order valence-electron chi connectivity index (χ1n) is 11.9. The number of alkyl carbamates (subject to hydrolysis) is 1. The number of hydrogen-bond acceptors (Lipinski definition) is 7. The lowest BCUT2D eigenvalue weighted by atomic mass is 9.98. The third-order valence-electron chi connectivity index (χ3n) is 6.25. The van der Waals surface area contributed by atoms with Crippen LogP contribution in [-0.4, -0.2) is 55.3 Å². The first-order chi connectivity index (χ1) is 18.0. The van der Waals surface area contributed by atoms with Crippen molar-refractivity contribution >= 4 is 23.9 Å². The average Bonchev–Trinajstić information content (AvgIpc) is 3.37. The van der Waals surface area contributed by atoms with Crippen LogP contribution in [0.2, 0.25) is 0 Å². The number of rotatable bonds is 9. The van der Waals surface area contributed by atoms with E-state index in [9.17, 15) is 19.2 Å². The monoisotopic (exact) mass is 500 g/mol. The van der Waals surface area contributed by atoms with Gasteiger partial charge in [-0.15, -0.1) is 0 Å². The number of ether oxygens (including phenoxy) is 2. The van der Waals surface area contributed by atoms with E-state index in [0.29, 0.717) is 11.5 Å². The van der Waals surface area contributed by atoms with Gasteiger partial charge in [0.1, 0.15) is 13.2 Å². The molecule has 188 valence electrons. The molecule has 1 aliphatic heterocycles. The molecule has 1 heterocycles. The van der Waals surface area contributed by atoms with Crippen LogP contribution in [-0.2, 0) is 19.1 Å². The number of nitrogens with zero attached hydrogens (tertiary/aromatic N) is 1. The summed E-state index contributed by atoms with van der Waals surface area (Å²) in [5.74, 6) is -2.28. The van der Waals surface area contributed by atoms with Crippen LogP contribution in [0.4, 0.5) is 4.79 Å². The predicted molar refractivity (Wildman–Crippen MR) is 132 cm³/mol. The molecule has 0 saturated carbocycles. The number of amides is 3. The van der Waals surface area contributed by atoms with Crippen molar-refractivity contribution in [1.82, 2.24) is 10.4 Å². The molecule has 9 nitrogen and oxygen atoms in total. The van der Waals surface area contributed by atoms with Gasteiger partial charge >= 0.3 is 12.1 Å². The van der Waals surface area contributed by atoms with Gasteiger partial charge in [0.15, 0.2) is 0 Å². The predicted octanol–water partition coefficient (Wildman–Crippen LogP) is 3.69. The van der Waals surface area contributed by atoms with Crippen molar-refractivity contribution in [2.75, 3.05) is 26.4 Å². The Bertz CT molecular complexity index is 1290. The Balaban J connectivity index is 0.994. The smallest absolute Gasteiger partial charge is 0.407 e. The average molecular weight is 501 g/mol. The Labute approximate surface area is 212 Å². The zero-order valence-electron chi connectivity index (χ0n) is 19.8. The molecule has 0 atom stereocenters. The van der Waals surface area contributed by atoms with Gasteiger partial charge in [-0.25, -0.2) is 9.59 Å². The van der Waals surface area contributed by atoms with E-state index in [2.05, 4.69) is 29.6 Å². The number of hydroxylamine groups is 2. The van der Waals surface area contributed by atoms with E-state index in [4.69, 9.17) is 14.3 Å². The van der Waals surface area contributed by atoms with Crippen molar-refractivity contribution in [3.63, 3.8) is 0 Å². The van der Waals surface area contributed by atoms with E-state index >= 15 is 0 Å². The first kappa shape index (κ1) is 24.2. The van der Waals surface area contributed by atoms with Crippen molar-refractivity contribution in [3.05, 3.63) is 95.1 Å². The number of imide groups is 1. The number of carbonyl (C=O) groups excluding carboxylic acids is 4. The van der Waals surface area contributed by atoms with Gasteiger partial charge in [0.25, 0.3) is 11.8 Å². The Kier molecular flexibility index (Phi) is 6.96. The van der Waals surface area contributed by atoms with Crippen molar-refractivity contribution in [3.8, 4) is 11.1 Å². The SMILES string of the molecule is O=C(COCCCNC(=O)OCC1c2ccccc2-c2ccccc21)ON1C(=O)c2ccccc2C1=O. The van der Waals surface area contributed by atoms with Gasteiger partial charge in [0, 0.05) is 19.1 Å². The maximum atomic E-state index is 12.2. The van der Waals surface area contributed by atoms with E-state index < -0.39 is 30.5 Å². The van der Waals surface area contributed by atoms with E-state index in [1.807, 2.05) is 24.3 Å². The molecule has 0 saturated heterocycles. The van der Waals surface area contributed by atoms with Crippen LogP contribution >= 0.6 is 0 Å². The quantitative estimate of drug-likeness (QED) is 0.352. The van der Waals surface area contributed by atoms with Gasteiger partial charge in [0.05, 0.1) is 11.1 Å². The minimum atomic E-state index is -0.876. The van der Waals surface area contributed by atoms with Crippen LogP contribution in [0.5, 0.6) is 0 Å². The second kappa shape index (κ2) is 10.6. The van der Waals surface area contributed by atoms with E-state index in [1.165, 1.54) is 12.1 Å². The fraction of sp³-hybridized carbons (Fsp3) is 0.214. The topological polar surface area (TPSA) is 111 Å². The number of hydrogen-bond donors (Lipinski definition) is 1.